The zero-order valence-corrected chi connectivity index (χ0v) is 30.1. The van der Waals surface area contributed by atoms with E-state index in [2.05, 4.69) is 18.7 Å². The summed E-state index contributed by atoms with van der Waals surface area (Å²) in [6.45, 7) is 17.9. The molecular weight excluding hydrogens is 604 g/mol. The van der Waals surface area contributed by atoms with Gasteiger partial charge in [-0.1, -0.05) is 58.9 Å². The number of likely N-dealkylation sites (N-methyl/N-ethyl adjacent to an activating group) is 2. The lowest BCUT2D eigenvalue weighted by atomic mass is 9.83. The molecule has 11 nitrogen and oxygen atoms in total. The predicted octanol–water partition coefficient (Wildman–Crippen LogP) is 3.98. The maximum atomic E-state index is 13.0. The van der Waals surface area contributed by atoms with Crippen LogP contribution in [0.15, 0.2) is 36.5 Å². The second kappa shape index (κ2) is 17.9. The normalized spacial score (nSPS) is 33.8. The first-order valence-corrected chi connectivity index (χ1v) is 17.3. The Balaban J connectivity index is 2.17. The highest BCUT2D eigenvalue weighted by molar-refractivity contribution is 5.70. The molecule has 1 amide bonds. The lowest BCUT2D eigenvalue weighted by Gasteiger charge is -2.33. The average Bonchev–Trinajstić information content (AvgIpc) is 3.66. The fraction of sp³-hybridized carbons (Fsp3) is 0.778. The van der Waals surface area contributed by atoms with Gasteiger partial charge in [0.2, 0.25) is 0 Å². The van der Waals surface area contributed by atoms with E-state index in [9.17, 15) is 30.0 Å². The van der Waals surface area contributed by atoms with Gasteiger partial charge in [-0.15, -0.1) is 0 Å². The van der Waals surface area contributed by atoms with Gasteiger partial charge in [0.05, 0.1) is 35.9 Å². The van der Waals surface area contributed by atoms with Gasteiger partial charge in [-0.05, 0) is 65.3 Å². The molecule has 2 heterocycles. The minimum atomic E-state index is -1.50. The number of allylic oxidation sites excluding steroid dienone is 2. The van der Waals surface area contributed by atoms with Crippen LogP contribution in [0.2, 0.25) is 0 Å². The van der Waals surface area contributed by atoms with E-state index < -0.39 is 53.3 Å². The van der Waals surface area contributed by atoms with E-state index in [1.165, 1.54) is 4.90 Å². The third-order valence-electron chi connectivity index (χ3n) is 9.90. The molecular formula is C36H62N2O9. The molecule has 1 saturated heterocycles. The number of amides is 1. The van der Waals surface area contributed by atoms with E-state index in [1.54, 1.807) is 57.4 Å². The number of esters is 1. The highest BCUT2D eigenvalue weighted by Crippen LogP contribution is 2.48. The number of carbonyl (C=O) groups is 2. The van der Waals surface area contributed by atoms with Gasteiger partial charge >= 0.3 is 12.1 Å². The second-order valence-electron chi connectivity index (χ2n) is 14.1. The molecule has 0 aliphatic carbocycles. The van der Waals surface area contributed by atoms with E-state index in [0.29, 0.717) is 25.9 Å². The molecule has 0 aromatic rings. The van der Waals surface area contributed by atoms with Crippen molar-refractivity contribution < 1.29 is 44.2 Å². The van der Waals surface area contributed by atoms with Crippen molar-refractivity contribution in [2.75, 3.05) is 33.2 Å². The molecule has 0 aromatic heterocycles. The molecule has 4 N–H and O–H groups in total. The van der Waals surface area contributed by atoms with Crippen molar-refractivity contribution in [1.82, 2.24) is 9.80 Å². The van der Waals surface area contributed by atoms with Crippen molar-refractivity contribution in [3.05, 3.63) is 36.5 Å². The number of rotatable bonds is 14. The molecule has 0 bridgehead atoms. The molecule has 0 spiro atoms. The van der Waals surface area contributed by atoms with Gasteiger partial charge in [-0.3, -0.25) is 4.79 Å². The SMILES string of the molecule is CCC(O)C(C)C1(C)OC1CC(C)(O)/C=C/C=C/C1OC(=O)CC(O)CCC(C)(O)C(OC(=O)N(C)CCN(CC)CC)/C=C/C1C. The van der Waals surface area contributed by atoms with Crippen molar-refractivity contribution in [3.63, 3.8) is 0 Å². The number of cyclic esters (lactones) is 1. The van der Waals surface area contributed by atoms with Gasteiger partial charge in [0, 0.05) is 38.4 Å². The summed E-state index contributed by atoms with van der Waals surface area (Å²) < 4.78 is 17.4. The smallest absolute Gasteiger partial charge is 0.410 e. The number of nitrogens with zero attached hydrogens (tertiary/aromatic N) is 2. The van der Waals surface area contributed by atoms with Crippen LogP contribution in [0, 0.1) is 11.8 Å². The highest BCUT2D eigenvalue weighted by Gasteiger charge is 2.58. The fourth-order valence-electron chi connectivity index (χ4n) is 5.83. The number of aliphatic hydroxyl groups excluding tert-OH is 2. The average molecular weight is 667 g/mol. The topological polar surface area (TPSA) is 153 Å². The Kier molecular flexibility index (Phi) is 15.6. The second-order valence-corrected chi connectivity index (χ2v) is 14.1. The minimum Gasteiger partial charge on any atom is -0.457 e. The fourth-order valence-corrected chi connectivity index (χ4v) is 5.83. The molecule has 47 heavy (non-hydrogen) atoms. The largest absolute Gasteiger partial charge is 0.457 e. The van der Waals surface area contributed by atoms with Crippen LogP contribution < -0.4 is 0 Å². The van der Waals surface area contributed by atoms with Crippen LogP contribution >= 0.6 is 0 Å². The Morgan fingerprint density at radius 3 is 2.47 bits per heavy atom. The molecule has 10 unspecified atom stereocenters. The Bertz CT molecular complexity index is 1090. The summed E-state index contributed by atoms with van der Waals surface area (Å²) in [6.07, 6.45) is 7.01. The zero-order valence-electron chi connectivity index (χ0n) is 30.1. The van der Waals surface area contributed by atoms with Gasteiger partial charge in [0.1, 0.15) is 11.7 Å². The Morgan fingerprint density at radius 2 is 1.85 bits per heavy atom. The van der Waals surface area contributed by atoms with Crippen LogP contribution in [-0.4, -0.2) is 123 Å². The molecule has 2 aliphatic rings. The number of hydrogen-bond acceptors (Lipinski definition) is 10. The highest BCUT2D eigenvalue weighted by atomic mass is 16.6. The van der Waals surface area contributed by atoms with E-state index in [1.807, 2.05) is 27.7 Å². The summed E-state index contributed by atoms with van der Waals surface area (Å²) in [7, 11) is 1.66. The van der Waals surface area contributed by atoms with E-state index in [4.69, 9.17) is 14.2 Å². The van der Waals surface area contributed by atoms with Crippen molar-refractivity contribution in [3.8, 4) is 0 Å². The number of aliphatic hydroxyl groups is 4. The first kappa shape index (κ1) is 40.9. The zero-order chi connectivity index (χ0) is 35.6. The maximum absolute atomic E-state index is 13.0. The Hall–Kier alpha value is -2.28. The summed E-state index contributed by atoms with van der Waals surface area (Å²) in [6, 6.07) is 0. The Labute approximate surface area is 282 Å². The van der Waals surface area contributed by atoms with Crippen LogP contribution in [0.3, 0.4) is 0 Å². The van der Waals surface area contributed by atoms with E-state index in [-0.39, 0.29) is 37.2 Å². The van der Waals surface area contributed by atoms with Gasteiger partial charge in [0.15, 0.2) is 6.10 Å². The molecule has 11 heteroatoms. The van der Waals surface area contributed by atoms with Crippen molar-refractivity contribution >= 4 is 12.1 Å². The van der Waals surface area contributed by atoms with Crippen LogP contribution in [0.4, 0.5) is 4.79 Å². The molecule has 10 atom stereocenters. The number of epoxide rings is 1. The van der Waals surface area contributed by atoms with Crippen molar-refractivity contribution in [2.24, 2.45) is 11.8 Å². The Morgan fingerprint density at radius 1 is 1.19 bits per heavy atom. The predicted molar refractivity (Wildman–Crippen MR) is 182 cm³/mol. The molecule has 2 aliphatic heterocycles. The van der Waals surface area contributed by atoms with Crippen LogP contribution in [0.1, 0.15) is 87.5 Å². The maximum Gasteiger partial charge on any atom is 0.410 e. The third kappa shape index (κ3) is 12.6. The molecule has 270 valence electrons. The molecule has 1 fully saturated rings. The monoisotopic (exact) mass is 666 g/mol. The summed E-state index contributed by atoms with van der Waals surface area (Å²) in [5, 5.41) is 43.2. The number of ether oxygens (including phenoxy) is 3. The van der Waals surface area contributed by atoms with Gasteiger partial charge < -0.3 is 44.4 Å². The van der Waals surface area contributed by atoms with Crippen molar-refractivity contribution in [1.29, 1.82) is 0 Å². The molecule has 0 saturated carbocycles. The first-order chi connectivity index (χ1) is 21.9. The van der Waals surface area contributed by atoms with Gasteiger partial charge in [-0.2, -0.15) is 0 Å². The van der Waals surface area contributed by atoms with Crippen LogP contribution in [0.25, 0.3) is 0 Å². The first-order valence-electron chi connectivity index (χ1n) is 17.3. The van der Waals surface area contributed by atoms with Crippen molar-refractivity contribution in [2.45, 2.75) is 135 Å². The summed E-state index contributed by atoms with van der Waals surface area (Å²) in [4.78, 5) is 29.4. The molecule has 0 aromatic carbocycles. The summed E-state index contributed by atoms with van der Waals surface area (Å²) in [5.74, 6) is -1.02. The standard InChI is InChI=1S/C36H62N2O9/c1-10-28(40)26(5)36(8)31(47-36)24-34(6,43)19-14-13-15-29-25(4)16-17-30(35(7,44)20-18-27(39)23-32(41)45-29)46-33(42)37(9)21-22-38(11-2)12-3/h13-17,19,25-31,39-40,43-44H,10-12,18,20-24H2,1-9H3/b15-13+,17-16+,19-14+. The lowest BCUT2D eigenvalue weighted by molar-refractivity contribution is -0.151. The summed E-state index contributed by atoms with van der Waals surface area (Å²) >= 11 is 0. The van der Waals surface area contributed by atoms with E-state index in [0.717, 1.165) is 13.1 Å². The number of carbonyl (C=O) groups excluding carboxylic acids is 2. The van der Waals surface area contributed by atoms with Gasteiger partial charge in [-0.25, -0.2) is 4.79 Å². The van der Waals surface area contributed by atoms with Crippen LogP contribution in [-0.2, 0) is 19.0 Å². The number of hydrogen-bond donors (Lipinski definition) is 4. The lowest BCUT2D eigenvalue weighted by Crippen LogP contribution is -2.45. The van der Waals surface area contributed by atoms with E-state index >= 15 is 0 Å². The quantitative estimate of drug-likeness (QED) is 0.0927. The van der Waals surface area contributed by atoms with Gasteiger partial charge in [0.25, 0.3) is 0 Å². The summed E-state index contributed by atoms with van der Waals surface area (Å²) in [5.41, 5.74) is -3.17. The molecule has 2 rings (SSSR count). The third-order valence-corrected chi connectivity index (χ3v) is 9.90. The van der Waals surface area contributed by atoms with Crippen LogP contribution in [0.5, 0.6) is 0 Å². The molecule has 0 radical (unpaired) electrons. The minimum absolute atomic E-state index is 0.0636.